The van der Waals surface area contributed by atoms with Crippen LogP contribution in [-0.2, 0) is 14.3 Å². The van der Waals surface area contributed by atoms with Crippen molar-refractivity contribution in [3.8, 4) is 17.4 Å². The first-order valence-electron chi connectivity index (χ1n) is 8.70. The second kappa shape index (κ2) is 8.90. The highest BCUT2D eigenvalue weighted by atomic mass is 16.6. The Morgan fingerprint density at radius 2 is 2.00 bits per heavy atom. The molecule has 1 aromatic heterocycles. The second-order valence-electron chi connectivity index (χ2n) is 6.08. The molecule has 0 unspecified atom stereocenters. The fraction of sp³-hybridized carbons (Fsp3) is 0.158. The molecule has 0 bridgehead atoms. The third kappa shape index (κ3) is 4.75. The normalized spacial score (nSPS) is 14.4. The number of carbonyl (C=O) groups excluding carboxylic acids is 3. The second-order valence-corrected chi connectivity index (χ2v) is 6.08. The van der Waals surface area contributed by atoms with Crippen LogP contribution in [0.5, 0.6) is 17.4 Å². The van der Waals surface area contributed by atoms with Crippen molar-refractivity contribution in [2.24, 2.45) is 0 Å². The van der Waals surface area contributed by atoms with Crippen molar-refractivity contribution in [1.82, 2.24) is 15.2 Å². The first kappa shape index (κ1) is 21.2. The van der Waals surface area contributed by atoms with E-state index < -0.39 is 29.4 Å². The first-order chi connectivity index (χ1) is 14.8. The predicted octanol–water partition coefficient (Wildman–Crippen LogP) is 1.86. The zero-order valence-electron chi connectivity index (χ0n) is 16.4. The van der Waals surface area contributed by atoms with Crippen LogP contribution in [0, 0.1) is 10.1 Å². The highest BCUT2D eigenvalue weighted by molar-refractivity contribution is 6.15. The van der Waals surface area contributed by atoms with E-state index >= 15 is 0 Å². The number of methoxy groups -OCH3 is 2. The lowest BCUT2D eigenvalue weighted by molar-refractivity contribution is -0.385. The summed E-state index contributed by atoms with van der Waals surface area (Å²) < 4.78 is 15.4. The Kier molecular flexibility index (Phi) is 6.10. The molecule has 1 saturated heterocycles. The van der Waals surface area contributed by atoms with Crippen LogP contribution in [0.2, 0.25) is 0 Å². The van der Waals surface area contributed by atoms with Crippen LogP contribution < -0.4 is 14.8 Å². The van der Waals surface area contributed by atoms with E-state index in [-0.39, 0.29) is 28.8 Å². The Balaban J connectivity index is 1.79. The summed E-state index contributed by atoms with van der Waals surface area (Å²) in [4.78, 5) is 50.4. The third-order valence-corrected chi connectivity index (χ3v) is 4.12. The average molecular weight is 428 g/mol. The molecule has 12 heteroatoms. The summed E-state index contributed by atoms with van der Waals surface area (Å²) in [5.74, 6) is -0.720. The summed E-state index contributed by atoms with van der Waals surface area (Å²) >= 11 is 0. The fourth-order valence-electron chi connectivity index (χ4n) is 2.59. The molecule has 1 aromatic carbocycles. The SMILES string of the molecule is COC(=O)CN1C(=O)N/C(=C/c2ccc(Oc3ccc([N+](=O)[O-])cn3)c(OC)c2)C1=O. The topological polar surface area (TPSA) is 150 Å². The number of aromatic nitrogens is 1. The lowest BCUT2D eigenvalue weighted by Gasteiger charge is -2.10. The maximum absolute atomic E-state index is 12.4. The van der Waals surface area contributed by atoms with Crippen molar-refractivity contribution in [3.05, 3.63) is 57.9 Å². The van der Waals surface area contributed by atoms with E-state index in [0.29, 0.717) is 5.56 Å². The minimum absolute atomic E-state index is 0.0262. The molecule has 3 amide bonds. The molecule has 31 heavy (non-hydrogen) atoms. The van der Waals surface area contributed by atoms with Crippen LogP contribution in [-0.4, -0.2) is 53.5 Å². The number of rotatable bonds is 7. The summed E-state index contributed by atoms with van der Waals surface area (Å²) in [6.45, 7) is -0.503. The lowest BCUT2D eigenvalue weighted by atomic mass is 10.1. The minimum Gasteiger partial charge on any atom is -0.493 e. The van der Waals surface area contributed by atoms with Crippen LogP contribution in [0.3, 0.4) is 0 Å². The fourth-order valence-corrected chi connectivity index (χ4v) is 2.59. The molecular weight excluding hydrogens is 412 g/mol. The summed E-state index contributed by atoms with van der Waals surface area (Å²) in [7, 11) is 2.56. The maximum Gasteiger partial charge on any atom is 0.329 e. The Hall–Kier alpha value is -4.48. The van der Waals surface area contributed by atoms with Crippen LogP contribution >= 0.6 is 0 Å². The van der Waals surface area contributed by atoms with Gasteiger partial charge in [-0.2, -0.15) is 0 Å². The van der Waals surface area contributed by atoms with Gasteiger partial charge in [-0.15, -0.1) is 0 Å². The van der Waals surface area contributed by atoms with E-state index in [1.165, 1.54) is 25.3 Å². The van der Waals surface area contributed by atoms with Crippen LogP contribution in [0.1, 0.15) is 5.56 Å². The van der Waals surface area contributed by atoms with Crippen LogP contribution in [0.15, 0.2) is 42.2 Å². The lowest BCUT2D eigenvalue weighted by Crippen LogP contribution is -2.36. The molecule has 0 spiro atoms. The molecule has 1 fully saturated rings. The monoisotopic (exact) mass is 428 g/mol. The highest BCUT2D eigenvalue weighted by Crippen LogP contribution is 2.32. The molecule has 0 atom stereocenters. The summed E-state index contributed by atoms with van der Waals surface area (Å²) in [5, 5.41) is 13.1. The van der Waals surface area contributed by atoms with Gasteiger partial charge in [0.05, 0.1) is 19.1 Å². The van der Waals surface area contributed by atoms with Crippen molar-refractivity contribution < 1.29 is 33.5 Å². The molecule has 1 aliphatic rings. The highest BCUT2D eigenvalue weighted by Gasteiger charge is 2.35. The van der Waals surface area contributed by atoms with Crippen molar-refractivity contribution in [2.45, 2.75) is 0 Å². The van der Waals surface area contributed by atoms with Gasteiger partial charge in [-0.05, 0) is 23.8 Å². The molecule has 1 N–H and O–H groups in total. The van der Waals surface area contributed by atoms with Gasteiger partial charge in [-0.25, -0.2) is 14.7 Å². The Labute approximate surface area is 175 Å². The maximum atomic E-state index is 12.4. The number of urea groups is 1. The number of amides is 3. The first-order valence-corrected chi connectivity index (χ1v) is 8.70. The molecule has 0 radical (unpaired) electrons. The number of benzene rings is 1. The van der Waals surface area contributed by atoms with Gasteiger partial charge in [0.25, 0.3) is 11.6 Å². The summed E-state index contributed by atoms with van der Waals surface area (Å²) in [6.07, 6.45) is 2.48. The van der Waals surface area contributed by atoms with Gasteiger partial charge in [-0.1, -0.05) is 6.07 Å². The molecule has 2 aromatic rings. The number of nitro groups is 1. The number of nitrogens with zero attached hydrogens (tertiary/aromatic N) is 3. The predicted molar refractivity (Wildman–Crippen MR) is 104 cm³/mol. The van der Waals surface area contributed by atoms with Gasteiger partial charge >= 0.3 is 12.0 Å². The van der Waals surface area contributed by atoms with Gasteiger partial charge in [0.2, 0.25) is 5.88 Å². The standard InChI is InChI=1S/C19H16N4O8/c1-29-15-8-11(7-13-18(25)22(19(26)21-13)10-17(24)30-2)3-5-14(15)31-16-6-4-12(9-20-16)23(27)28/h3-9H,10H2,1-2H3,(H,21,26)/b13-7+. The molecule has 12 nitrogen and oxygen atoms in total. The average Bonchev–Trinajstić information content (AvgIpc) is 3.02. The summed E-state index contributed by atoms with van der Waals surface area (Å²) in [6, 6.07) is 6.55. The molecule has 3 rings (SSSR count). The largest absolute Gasteiger partial charge is 0.493 e. The number of hydrogen-bond acceptors (Lipinski definition) is 9. The molecule has 1 aliphatic heterocycles. The molecule has 0 saturated carbocycles. The van der Waals surface area contributed by atoms with Crippen molar-refractivity contribution in [2.75, 3.05) is 20.8 Å². The van der Waals surface area contributed by atoms with Crippen molar-refractivity contribution in [3.63, 3.8) is 0 Å². The molecule has 160 valence electrons. The van der Waals surface area contributed by atoms with Crippen LogP contribution in [0.4, 0.5) is 10.5 Å². The van der Waals surface area contributed by atoms with Gasteiger partial charge in [0.1, 0.15) is 18.4 Å². The van der Waals surface area contributed by atoms with Gasteiger partial charge in [-0.3, -0.25) is 19.7 Å². The minimum atomic E-state index is -0.738. The zero-order valence-corrected chi connectivity index (χ0v) is 16.4. The van der Waals surface area contributed by atoms with E-state index in [2.05, 4.69) is 15.0 Å². The molecular formula is C19H16N4O8. The quantitative estimate of drug-likeness (QED) is 0.229. The smallest absolute Gasteiger partial charge is 0.329 e. The van der Waals surface area contributed by atoms with E-state index in [9.17, 15) is 24.5 Å². The van der Waals surface area contributed by atoms with E-state index in [1.807, 2.05) is 0 Å². The van der Waals surface area contributed by atoms with E-state index in [4.69, 9.17) is 9.47 Å². The number of imide groups is 1. The molecule has 2 heterocycles. The van der Waals surface area contributed by atoms with Crippen LogP contribution in [0.25, 0.3) is 6.08 Å². The van der Waals surface area contributed by atoms with Gasteiger partial charge in [0.15, 0.2) is 11.5 Å². The van der Waals surface area contributed by atoms with Gasteiger partial charge < -0.3 is 19.5 Å². The van der Waals surface area contributed by atoms with Crippen molar-refractivity contribution in [1.29, 1.82) is 0 Å². The Morgan fingerprint density at radius 3 is 2.61 bits per heavy atom. The van der Waals surface area contributed by atoms with E-state index in [1.54, 1.807) is 18.2 Å². The number of carbonyl (C=O) groups is 3. The summed E-state index contributed by atoms with van der Waals surface area (Å²) in [5.41, 5.74) is 0.303. The van der Waals surface area contributed by atoms with E-state index in [0.717, 1.165) is 18.2 Å². The number of ether oxygens (including phenoxy) is 3. The number of nitrogens with one attached hydrogen (secondary N) is 1. The van der Waals surface area contributed by atoms with Gasteiger partial charge in [0, 0.05) is 12.1 Å². The molecule has 0 aliphatic carbocycles. The Bertz CT molecular complexity index is 1080. The third-order valence-electron chi connectivity index (χ3n) is 4.12. The zero-order chi connectivity index (χ0) is 22.5. The Morgan fingerprint density at radius 1 is 1.23 bits per heavy atom. The number of pyridine rings is 1. The number of esters is 1. The number of hydrogen-bond donors (Lipinski definition) is 1. The van der Waals surface area contributed by atoms with Crippen molar-refractivity contribution >= 4 is 29.7 Å².